The third kappa shape index (κ3) is 3.56. The number of rotatable bonds is 4. The maximum atomic E-state index is 13.3. The van der Waals surface area contributed by atoms with Gasteiger partial charge in [-0.15, -0.1) is 0 Å². The Labute approximate surface area is 100 Å². The Morgan fingerprint density at radius 2 is 2.29 bits per heavy atom. The molecule has 1 N–H and O–H groups in total. The van der Waals surface area contributed by atoms with Gasteiger partial charge in [0.1, 0.15) is 11.9 Å². The van der Waals surface area contributed by atoms with Crippen LogP contribution in [0.25, 0.3) is 0 Å². The zero-order chi connectivity index (χ0) is 12.8. The Morgan fingerprint density at radius 1 is 1.59 bits per heavy atom. The minimum atomic E-state index is -0.517. The van der Waals surface area contributed by atoms with Crippen LogP contribution in [-0.4, -0.2) is 11.9 Å². The van der Waals surface area contributed by atoms with E-state index in [1.165, 1.54) is 6.07 Å². The summed E-state index contributed by atoms with van der Waals surface area (Å²) in [7, 11) is 0. The van der Waals surface area contributed by atoms with Crippen LogP contribution >= 0.6 is 0 Å². The van der Waals surface area contributed by atoms with Gasteiger partial charge in [0.05, 0.1) is 6.07 Å². The molecule has 1 rings (SSSR count). The number of hydrogen-bond donors (Lipinski definition) is 1. The van der Waals surface area contributed by atoms with Crippen LogP contribution in [0.2, 0.25) is 0 Å². The first-order valence-corrected chi connectivity index (χ1v) is 5.55. The lowest BCUT2D eigenvalue weighted by Gasteiger charge is -2.10. The Balaban J connectivity index is 2.76. The molecule has 1 aromatic carbocycles. The maximum Gasteiger partial charge on any atom is 0.252 e. The van der Waals surface area contributed by atoms with Crippen molar-refractivity contribution in [2.45, 2.75) is 32.7 Å². The molecule has 17 heavy (non-hydrogen) atoms. The number of aryl methyl sites for hydroxylation is 1. The van der Waals surface area contributed by atoms with E-state index in [0.717, 1.165) is 6.42 Å². The van der Waals surface area contributed by atoms with E-state index in [4.69, 9.17) is 5.26 Å². The second kappa shape index (κ2) is 6.00. The number of amides is 1. The van der Waals surface area contributed by atoms with Gasteiger partial charge in [0.2, 0.25) is 0 Å². The second-order valence-corrected chi connectivity index (χ2v) is 3.91. The summed E-state index contributed by atoms with van der Waals surface area (Å²) in [6.07, 6.45) is 1.40. The van der Waals surface area contributed by atoms with Gasteiger partial charge in [-0.3, -0.25) is 4.79 Å². The molecular formula is C13H15FN2O. The standard InChI is InChI=1S/C13H15FN2O/c1-3-4-11(8-15)16-13(17)10-6-5-9(2)12(14)7-10/h5-7,11H,3-4H2,1-2H3,(H,16,17). The monoisotopic (exact) mass is 234 g/mol. The average molecular weight is 234 g/mol. The number of halogens is 1. The molecule has 0 bridgehead atoms. The Morgan fingerprint density at radius 3 is 2.82 bits per heavy atom. The molecule has 1 aromatic rings. The predicted octanol–water partition coefficient (Wildman–Crippen LogP) is 2.56. The highest BCUT2D eigenvalue weighted by atomic mass is 19.1. The van der Waals surface area contributed by atoms with E-state index in [-0.39, 0.29) is 5.56 Å². The Hall–Kier alpha value is -1.89. The number of hydrogen-bond acceptors (Lipinski definition) is 2. The van der Waals surface area contributed by atoms with E-state index in [1.807, 2.05) is 13.0 Å². The minimum Gasteiger partial charge on any atom is -0.336 e. The first-order valence-electron chi connectivity index (χ1n) is 5.55. The van der Waals surface area contributed by atoms with Crippen LogP contribution in [0.3, 0.4) is 0 Å². The molecule has 0 aliphatic heterocycles. The zero-order valence-electron chi connectivity index (χ0n) is 9.96. The van der Waals surface area contributed by atoms with Gasteiger partial charge in [-0.05, 0) is 31.0 Å². The van der Waals surface area contributed by atoms with Gasteiger partial charge in [-0.25, -0.2) is 4.39 Å². The van der Waals surface area contributed by atoms with Gasteiger partial charge in [0.15, 0.2) is 0 Å². The third-order valence-electron chi connectivity index (χ3n) is 2.47. The van der Waals surface area contributed by atoms with E-state index in [0.29, 0.717) is 12.0 Å². The molecule has 0 radical (unpaired) electrons. The summed E-state index contributed by atoms with van der Waals surface area (Å²) in [4.78, 5) is 11.7. The summed E-state index contributed by atoms with van der Waals surface area (Å²) in [5, 5.41) is 11.4. The molecule has 0 saturated heterocycles. The number of nitrogens with one attached hydrogen (secondary N) is 1. The van der Waals surface area contributed by atoms with Gasteiger partial charge < -0.3 is 5.32 Å². The van der Waals surface area contributed by atoms with Crippen molar-refractivity contribution in [3.8, 4) is 6.07 Å². The van der Waals surface area contributed by atoms with Gasteiger partial charge in [0.25, 0.3) is 5.91 Å². The third-order valence-corrected chi connectivity index (χ3v) is 2.47. The summed E-state index contributed by atoms with van der Waals surface area (Å²) in [5.74, 6) is -0.828. The van der Waals surface area contributed by atoms with Crippen molar-refractivity contribution in [1.82, 2.24) is 5.32 Å². The molecule has 1 unspecified atom stereocenters. The van der Waals surface area contributed by atoms with E-state index < -0.39 is 17.8 Å². The van der Waals surface area contributed by atoms with E-state index in [1.54, 1.807) is 19.1 Å². The molecular weight excluding hydrogens is 219 g/mol. The topological polar surface area (TPSA) is 52.9 Å². The maximum absolute atomic E-state index is 13.3. The summed E-state index contributed by atoms with van der Waals surface area (Å²) < 4.78 is 13.3. The highest BCUT2D eigenvalue weighted by Gasteiger charge is 2.13. The van der Waals surface area contributed by atoms with Crippen LogP contribution in [0.15, 0.2) is 18.2 Å². The van der Waals surface area contributed by atoms with Crippen LogP contribution in [0.4, 0.5) is 4.39 Å². The summed E-state index contributed by atoms with van der Waals surface area (Å²) in [6.45, 7) is 3.56. The normalized spacial score (nSPS) is 11.6. The summed E-state index contributed by atoms with van der Waals surface area (Å²) >= 11 is 0. The molecule has 90 valence electrons. The minimum absolute atomic E-state index is 0.240. The summed E-state index contributed by atoms with van der Waals surface area (Å²) in [6, 6.07) is 5.77. The SMILES string of the molecule is CCCC(C#N)NC(=O)c1ccc(C)c(F)c1. The lowest BCUT2D eigenvalue weighted by Crippen LogP contribution is -2.33. The van der Waals surface area contributed by atoms with Crippen molar-refractivity contribution in [2.75, 3.05) is 0 Å². The molecule has 4 heteroatoms. The van der Waals surface area contributed by atoms with Gasteiger partial charge in [-0.1, -0.05) is 19.4 Å². The molecule has 3 nitrogen and oxygen atoms in total. The highest BCUT2D eigenvalue weighted by Crippen LogP contribution is 2.09. The van der Waals surface area contributed by atoms with Crippen molar-refractivity contribution in [3.05, 3.63) is 35.1 Å². The fourth-order valence-corrected chi connectivity index (χ4v) is 1.43. The van der Waals surface area contributed by atoms with Crippen LogP contribution < -0.4 is 5.32 Å². The Kier molecular flexibility index (Phi) is 4.65. The number of carbonyl (C=O) groups excluding carboxylic acids is 1. The number of benzene rings is 1. The van der Waals surface area contributed by atoms with Gasteiger partial charge in [-0.2, -0.15) is 5.26 Å². The first kappa shape index (κ1) is 13.2. The first-order chi connectivity index (χ1) is 8.08. The number of nitriles is 1. The molecule has 0 aliphatic rings. The average Bonchev–Trinajstić information content (AvgIpc) is 2.31. The molecule has 0 heterocycles. The molecule has 0 spiro atoms. The molecule has 0 aliphatic carbocycles. The predicted molar refractivity (Wildman–Crippen MR) is 62.9 cm³/mol. The fraction of sp³-hybridized carbons (Fsp3) is 0.385. The zero-order valence-corrected chi connectivity index (χ0v) is 9.96. The smallest absolute Gasteiger partial charge is 0.252 e. The van der Waals surface area contributed by atoms with Crippen molar-refractivity contribution in [3.63, 3.8) is 0 Å². The van der Waals surface area contributed by atoms with Crippen molar-refractivity contribution in [1.29, 1.82) is 5.26 Å². The van der Waals surface area contributed by atoms with Crippen molar-refractivity contribution in [2.24, 2.45) is 0 Å². The molecule has 1 amide bonds. The lowest BCUT2D eigenvalue weighted by molar-refractivity contribution is 0.0943. The van der Waals surface area contributed by atoms with Crippen LogP contribution in [-0.2, 0) is 0 Å². The fourth-order valence-electron chi connectivity index (χ4n) is 1.43. The Bertz CT molecular complexity index is 451. The van der Waals surface area contributed by atoms with Crippen LogP contribution in [0.5, 0.6) is 0 Å². The van der Waals surface area contributed by atoms with Crippen molar-refractivity contribution < 1.29 is 9.18 Å². The van der Waals surface area contributed by atoms with E-state index in [9.17, 15) is 9.18 Å². The lowest BCUT2D eigenvalue weighted by atomic mass is 10.1. The van der Waals surface area contributed by atoms with Crippen LogP contribution in [0.1, 0.15) is 35.7 Å². The molecule has 0 fully saturated rings. The molecule has 0 aromatic heterocycles. The number of nitrogens with zero attached hydrogens (tertiary/aromatic N) is 1. The number of carbonyl (C=O) groups is 1. The largest absolute Gasteiger partial charge is 0.336 e. The van der Waals surface area contributed by atoms with Gasteiger partial charge >= 0.3 is 0 Å². The quantitative estimate of drug-likeness (QED) is 0.870. The highest BCUT2D eigenvalue weighted by molar-refractivity contribution is 5.94. The van der Waals surface area contributed by atoms with Gasteiger partial charge in [0, 0.05) is 5.56 Å². The van der Waals surface area contributed by atoms with E-state index in [2.05, 4.69) is 5.32 Å². The second-order valence-electron chi connectivity index (χ2n) is 3.91. The summed E-state index contributed by atoms with van der Waals surface area (Å²) in [5.41, 5.74) is 0.733. The molecule has 1 atom stereocenters. The van der Waals surface area contributed by atoms with Crippen LogP contribution in [0, 0.1) is 24.1 Å². The molecule has 0 saturated carbocycles. The van der Waals surface area contributed by atoms with E-state index >= 15 is 0 Å². The van der Waals surface area contributed by atoms with Crippen molar-refractivity contribution >= 4 is 5.91 Å².